The highest BCUT2D eigenvalue weighted by atomic mass is 32.1. The maximum absolute atomic E-state index is 5.33. The predicted molar refractivity (Wildman–Crippen MR) is 62.1 cm³/mol. The number of nitrogens with one attached hydrogen (secondary N) is 1. The molecular formula is C9H11NOS2. The fraction of sp³-hybridized carbons (Fsp3) is 0.222. The van der Waals surface area contributed by atoms with Crippen LogP contribution in [0.4, 0.5) is 5.69 Å². The highest BCUT2D eigenvalue weighted by molar-refractivity contribution is 7.80. The number of rotatable bonds is 4. The minimum atomic E-state index is 0.656. The number of hydrogen-bond acceptors (Lipinski definition) is 3. The Bertz CT molecular complexity index is 302. The predicted octanol–water partition coefficient (Wildman–Crippen LogP) is 2.74. The van der Waals surface area contributed by atoms with Gasteiger partial charge in [0.15, 0.2) is 0 Å². The van der Waals surface area contributed by atoms with Gasteiger partial charge in [0, 0.05) is 11.0 Å². The Balaban J connectivity index is 2.89. The third-order valence-electron chi connectivity index (χ3n) is 1.49. The molecule has 0 heterocycles. The SMILES string of the molecule is CCOc1ccc(S)c(NC=S)c1. The van der Waals surface area contributed by atoms with E-state index >= 15 is 0 Å². The fourth-order valence-corrected chi connectivity index (χ4v) is 1.28. The molecule has 0 saturated heterocycles. The van der Waals surface area contributed by atoms with Crippen LogP contribution in [-0.4, -0.2) is 12.1 Å². The van der Waals surface area contributed by atoms with Gasteiger partial charge in [-0.2, -0.15) is 0 Å². The van der Waals surface area contributed by atoms with Crippen molar-refractivity contribution < 1.29 is 4.74 Å². The molecule has 0 unspecified atom stereocenters. The molecule has 1 N–H and O–H groups in total. The van der Waals surface area contributed by atoms with Crippen LogP contribution in [-0.2, 0) is 0 Å². The van der Waals surface area contributed by atoms with Crippen LogP contribution < -0.4 is 10.1 Å². The van der Waals surface area contributed by atoms with Gasteiger partial charge in [-0.25, -0.2) is 0 Å². The molecule has 0 spiro atoms. The largest absolute Gasteiger partial charge is 0.494 e. The molecule has 1 aromatic carbocycles. The van der Waals surface area contributed by atoms with Crippen LogP contribution in [0.2, 0.25) is 0 Å². The Kier molecular flexibility index (Phi) is 4.05. The number of thiol groups is 1. The van der Waals surface area contributed by atoms with Crippen molar-refractivity contribution in [2.75, 3.05) is 11.9 Å². The van der Waals surface area contributed by atoms with Crippen molar-refractivity contribution >= 4 is 36.0 Å². The Morgan fingerprint density at radius 1 is 1.62 bits per heavy atom. The fourth-order valence-electron chi connectivity index (χ4n) is 0.951. The second kappa shape index (κ2) is 5.09. The Morgan fingerprint density at radius 2 is 2.38 bits per heavy atom. The van der Waals surface area contributed by atoms with Gasteiger partial charge in [0.2, 0.25) is 0 Å². The number of anilines is 1. The van der Waals surface area contributed by atoms with Crippen LogP contribution in [0.5, 0.6) is 5.75 Å². The van der Waals surface area contributed by atoms with Crippen LogP contribution in [0.25, 0.3) is 0 Å². The summed E-state index contributed by atoms with van der Waals surface area (Å²) in [5, 5.41) is 2.91. The molecule has 0 aliphatic carbocycles. The summed E-state index contributed by atoms with van der Waals surface area (Å²) in [5.74, 6) is 0.819. The highest BCUT2D eigenvalue weighted by Crippen LogP contribution is 2.24. The quantitative estimate of drug-likeness (QED) is 0.593. The zero-order chi connectivity index (χ0) is 9.68. The number of ether oxygens (including phenoxy) is 1. The molecule has 2 nitrogen and oxygen atoms in total. The van der Waals surface area contributed by atoms with Crippen molar-refractivity contribution in [3.8, 4) is 5.75 Å². The molecule has 0 aliphatic heterocycles. The van der Waals surface area contributed by atoms with Crippen molar-refractivity contribution in [2.24, 2.45) is 0 Å². The third kappa shape index (κ3) is 2.90. The number of benzene rings is 1. The molecule has 1 rings (SSSR count). The third-order valence-corrected chi connectivity index (χ3v) is 2.00. The molecule has 0 saturated carbocycles. The van der Waals surface area contributed by atoms with Crippen LogP contribution in [0, 0.1) is 0 Å². The minimum absolute atomic E-state index is 0.656. The van der Waals surface area contributed by atoms with Gasteiger partial charge < -0.3 is 10.1 Å². The van der Waals surface area contributed by atoms with Gasteiger partial charge in [0.25, 0.3) is 0 Å². The van der Waals surface area contributed by atoms with Gasteiger partial charge in [0.1, 0.15) is 5.75 Å². The Labute approximate surface area is 88.7 Å². The molecule has 0 fully saturated rings. The maximum atomic E-state index is 5.33. The zero-order valence-electron chi connectivity index (χ0n) is 7.28. The Hall–Kier alpha value is -0.740. The van der Waals surface area contributed by atoms with Gasteiger partial charge in [-0.1, -0.05) is 12.2 Å². The van der Waals surface area contributed by atoms with Crippen LogP contribution in [0.15, 0.2) is 23.1 Å². The van der Waals surface area contributed by atoms with E-state index in [1.54, 1.807) is 0 Å². The molecule has 0 atom stereocenters. The van der Waals surface area contributed by atoms with E-state index in [0.717, 1.165) is 16.3 Å². The summed E-state index contributed by atoms with van der Waals surface area (Å²) in [6.07, 6.45) is 0. The average Bonchev–Trinajstić information content (AvgIpc) is 2.12. The molecule has 0 bridgehead atoms. The van der Waals surface area contributed by atoms with E-state index in [2.05, 4.69) is 17.9 Å². The van der Waals surface area contributed by atoms with Gasteiger partial charge in [0.05, 0.1) is 17.8 Å². The standard InChI is InChI=1S/C9H11NOS2/c1-2-11-7-3-4-9(13)8(5-7)10-6-12/h3-6,13H,2H2,1H3,(H,10,12). The summed E-state index contributed by atoms with van der Waals surface area (Å²) in [6.45, 7) is 2.60. The van der Waals surface area contributed by atoms with Crippen molar-refractivity contribution in [3.05, 3.63) is 18.2 Å². The Morgan fingerprint density at radius 3 is 3.00 bits per heavy atom. The maximum Gasteiger partial charge on any atom is 0.121 e. The first-order chi connectivity index (χ1) is 6.27. The molecular weight excluding hydrogens is 202 g/mol. The molecule has 0 amide bonds. The monoisotopic (exact) mass is 213 g/mol. The lowest BCUT2D eigenvalue weighted by atomic mass is 10.3. The van der Waals surface area contributed by atoms with Crippen molar-refractivity contribution in [1.29, 1.82) is 0 Å². The van der Waals surface area contributed by atoms with E-state index in [4.69, 9.17) is 17.0 Å². The van der Waals surface area contributed by atoms with Gasteiger partial charge >= 0.3 is 0 Å². The lowest BCUT2D eigenvalue weighted by Gasteiger charge is -2.07. The van der Waals surface area contributed by atoms with Crippen LogP contribution >= 0.6 is 24.8 Å². The van der Waals surface area contributed by atoms with Crippen molar-refractivity contribution in [2.45, 2.75) is 11.8 Å². The lowest BCUT2D eigenvalue weighted by Crippen LogP contribution is -1.96. The second-order valence-corrected chi connectivity index (χ2v) is 3.09. The first kappa shape index (κ1) is 10.3. The topological polar surface area (TPSA) is 21.3 Å². The molecule has 13 heavy (non-hydrogen) atoms. The number of hydrogen-bond donors (Lipinski definition) is 2. The van der Waals surface area contributed by atoms with Crippen molar-refractivity contribution in [3.63, 3.8) is 0 Å². The van der Waals surface area contributed by atoms with E-state index < -0.39 is 0 Å². The summed E-state index contributed by atoms with van der Waals surface area (Å²) in [5.41, 5.74) is 2.31. The summed E-state index contributed by atoms with van der Waals surface area (Å²) in [7, 11) is 0. The second-order valence-electron chi connectivity index (χ2n) is 2.37. The highest BCUT2D eigenvalue weighted by Gasteiger charge is 1.99. The molecule has 1 aromatic rings. The summed E-state index contributed by atoms with van der Waals surface area (Å²) >= 11 is 8.95. The van der Waals surface area contributed by atoms with Gasteiger partial charge in [-0.3, -0.25) is 0 Å². The van der Waals surface area contributed by atoms with Crippen molar-refractivity contribution in [1.82, 2.24) is 0 Å². The lowest BCUT2D eigenvalue weighted by molar-refractivity contribution is 0.340. The molecule has 0 aromatic heterocycles. The summed E-state index contributed by atoms with van der Waals surface area (Å²) < 4.78 is 5.33. The average molecular weight is 213 g/mol. The molecule has 4 heteroatoms. The van der Waals surface area contributed by atoms with Crippen LogP contribution in [0.1, 0.15) is 6.92 Å². The zero-order valence-corrected chi connectivity index (χ0v) is 8.99. The molecule has 0 radical (unpaired) electrons. The first-order valence-corrected chi connectivity index (χ1v) is 4.85. The van der Waals surface area contributed by atoms with Gasteiger partial charge in [-0.05, 0) is 19.1 Å². The minimum Gasteiger partial charge on any atom is -0.494 e. The van der Waals surface area contributed by atoms with Gasteiger partial charge in [-0.15, -0.1) is 12.6 Å². The van der Waals surface area contributed by atoms with E-state index in [0.29, 0.717) is 6.61 Å². The summed E-state index contributed by atoms with van der Waals surface area (Å²) in [6, 6.07) is 5.62. The van der Waals surface area contributed by atoms with E-state index in [1.807, 2.05) is 25.1 Å². The van der Waals surface area contributed by atoms with E-state index in [-0.39, 0.29) is 0 Å². The number of thiocarbonyl (C=S) groups is 1. The molecule has 70 valence electrons. The van der Waals surface area contributed by atoms with E-state index in [9.17, 15) is 0 Å². The van der Waals surface area contributed by atoms with E-state index in [1.165, 1.54) is 5.49 Å². The summed E-state index contributed by atoms with van der Waals surface area (Å²) in [4.78, 5) is 0.851. The normalized spacial score (nSPS) is 9.38. The first-order valence-electron chi connectivity index (χ1n) is 3.94. The molecule has 0 aliphatic rings. The smallest absolute Gasteiger partial charge is 0.121 e. The van der Waals surface area contributed by atoms with Crippen LogP contribution in [0.3, 0.4) is 0 Å².